The van der Waals surface area contributed by atoms with Crippen molar-refractivity contribution in [3.8, 4) is 17.4 Å². The number of nitrogens with one attached hydrogen (secondary N) is 1. The lowest BCUT2D eigenvalue weighted by atomic mass is 10.3. The van der Waals surface area contributed by atoms with E-state index in [0.717, 1.165) is 11.3 Å². The SMILES string of the molecule is CCc1nc(NN)c(C)c(Oc2ccc(OC)cc2)n1. The van der Waals surface area contributed by atoms with Crippen molar-refractivity contribution in [2.45, 2.75) is 20.3 Å². The molecule has 0 unspecified atom stereocenters. The fourth-order valence-corrected chi connectivity index (χ4v) is 1.69. The van der Waals surface area contributed by atoms with Gasteiger partial charge in [0.05, 0.1) is 12.7 Å². The van der Waals surface area contributed by atoms with Crippen LogP contribution in [-0.2, 0) is 6.42 Å². The minimum Gasteiger partial charge on any atom is -0.497 e. The highest BCUT2D eigenvalue weighted by molar-refractivity contribution is 5.49. The third-order valence-electron chi connectivity index (χ3n) is 2.87. The van der Waals surface area contributed by atoms with Crippen molar-refractivity contribution in [3.05, 3.63) is 35.7 Å². The van der Waals surface area contributed by atoms with Gasteiger partial charge in [-0.05, 0) is 31.2 Å². The van der Waals surface area contributed by atoms with Crippen LogP contribution < -0.4 is 20.7 Å². The molecule has 20 heavy (non-hydrogen) atoms. The number of hydrazine groups is 1. The molecule has 0 amide bonds. The molecule has 0 aliphatic heterocycles. The number of benzene rings is 1. The Morgan fingerprint density at radius 3 is 2.35 bits per heavy atom. The lowest BCUT2D eigenvalue weighted by molar-refractivity contribution is 0.411. The topological polar surface area (TPSA) is 82.3 Å². The molecule has 1 aromatic carbocycles. The molecule has 0 bridgehead atoms. The Morgan fingerprint density at radius 2 is 1.80 bits per heavy atom. The second kappa shape index (κ2) is 6.21. The van der Waals surface area contributed by atoms with Crippen molar-refractivity contribution >= 4 is 5.82 Å². The van der Waals surface area contributed by atoms with Crippen LogP contribution in [0.4, 0.5) is 5.82 Å². The predicted octanol–water partition coefficient (Wildman–Crippen LogP) is 2.43. The zero-order valence-corrected chi connectivity index (χ0v) is 11.8. The van der Waals surface area contributed by atoms with Crippen LogP contribution in [0.5, 0.6) is 17.4 Å². The zero-order valence-electron chi connectivity index (χ0n) is 11.8. The number of aryl methyl sites for hydroxylation is 1. The van der Waals surface area contributed by atoms with E-state index in [0.29, 0.717) is 29.7 Å². The highest BCUT2D eigenvalue weighted by Crippen LogP contribution is 2.27. The molecule has 0 aliphatic rings. The van der Waals surface area contributed by atoms with Gasteiger partial charge in [0.15, 0.2) is 0 Å². The molecule has 0 fully saturated rings. The summed E-state index contributed by atoms with van der Waals surface area (Å²) >= 11 is 0. The quantitative estimate of drug-likeness (QED) is 0.643. The molecule has 1 heterocycles. The van der Waals surface area contributed by atoms with E-state index < -0.39 is 0 Å². The van der Waals surface area contributed by atoms with E-state index in [9.17, 15) is 0 Å². The van der Waals surface area contributed by atoms with Crippen LogP contribution in [0.2, 0.25) is 0 Å². The predicted molar refractivity (Wildman–Crippen MR) is 77.0 cm³/mol. The maximum Gasteiger partial charge on any atom is 0.227 e. The maximum atomic E-state index is 5.79. The number of ether oxygens (including phenoxy) is 2. The molecule has 6 heteroatoms. The lowest BCUT2D eigenvalue weighted by Crippen LogP contribution is -2.13. The Bertz CT molecular complexity index is 584. The highest BCUT2D eigenvalue weighted by Gasteiger charge is 2.11. The Morgan fingerprint density at radius 1 is 1.15 bits per heavy atom. The summed E-state index contributed by atoms with van der Waals surface area (Å²) < 4.78 is 10.9. The van der Waals surface area contributed by atoms with Crippen LogP contribution >= 0.6 is 0 Å². The number of nitrogens with zero attached hydrogens (tertiary/aromatic N) is 2. The standard InChI is InChI=1S/C14H18N4O2/c1-4-12-16-13(18-15)9(2)14(17-12)20-11-7-5-10(19-3)6-8-11/h5-8H,4,15H2,1-3H3,(H,16,17,18). The van der Waals surface area contributed by atoms with Crippen molar-refractivity contribution < 1.29 is 9.47 Å². The van der Waals surface area contributed by atoms with E-state index in [1.807, 2.05) is 38.1 Å². The van der Waals surface area contributed by atoms with E-state index in [4.69, 9.17) is 15.3 Å². The first-order chi connectivity index (χ1) is 9.67. The fourth-order valence-electron chi connectivity index (χ4n) is 1.69. The van der Waals surface area contributed by atoms with Crippen LogP contribution in [0.15, 0.2) is 24.3 Å². The summed E-state index contributed by atoms with van der Waals surface area (Å²) in [4.78, 5) is 8.67. The average molecular weight is 274 g/mol. The van der Waals surface area contributed by atoms with Crippen LogP contribution in [-0.4, -0.2) is 17.1 Å². The van der Waals surface area contributed by atoms with Crippen LogP contribution in [0.1, 0.15) is 18.3 Å². The molecule has 0 spiro atoms. The molecule has 106 valence electrons. The number of methoxy groups -OCH3 is 1. The average Bonchev–Trinajstić information content (AvgIpc) is 2.50. The molecule has 1 aromatic heterocycles. The summed E-state index contributed by atoms with van der Waals surface area (Å²) in [5.74, 6) is 8.65. The van der Waals surface area contributed by atoms with Gasteiger partial charge in [-0.15, -0.1) is 0 Å². The van der Waals surface area contributed by atoms with Gasteiger partial charge in [0.25, 0.3) is 0 Å². The van der Waals surface area contributed by atoms with Gasteiger partial charge in [-0.2, -0.15) is 4.98 Å². The number of anilines is 1. The number of rotatable bonds is 5. The number of nitrogens with two attached hydrogens (primary N) is 1. The van der Waals surface area contributed by atoms with Gasteiger partial charge in [0, 0.05) is 6.42 Å². The molecule has 3 N–H and O–H groups in total. The van der Waals surface area contributed by atoms with Crippen molar-refractivity contribution in [1.29, 1.82) is 0 Å². The molecular formula is C14H18N4O2. The van der Waals surface area contributed by atoms with Gasteiger partial charge < -0.3 is 14.9 Å². The monoisotopic (exact) mass is 274 g/mol. The lowest BCUT2D eigenvalue weighted by Gasteiger charge is -2.12. The van der Waals surface area contributed by atoms with Gasteiger partial charge >= 0.3 is 0 Å². The molecule has 2 aromatic rings. The Labute approximate surface area is 117 Å². The van der Waals surface area contributed by atoms with Gasteiger partial charge in [0.2, 0.25) is 5.88 Å². The second-order valence-corrected chi connectivity index (χ2v) is 4.19. The van der Waals surface area contributed by atoms with Crippen LogP contribution in [0, 0.1) is 6.92 Å². The zero-order chi connectivity index (χ0) is 14.5. The fraction of sp³-hybridized carbons (Fsp3) is 0.286. The first-order valence-electron chi connectivity index (χ1n) is 6.34. The number of hydrogen-bond acceptors (Lipinski definition) is 6. The Kier molecular flexibility index (Phi) is 4.37. The van der Waals surface area contributed by atoms with Crippen molar-refractivity contribution in [3.63, 3.8) is 0 Å². The first-order valence-corrected chi connectivity index (χ1v) is 6.34. The van der Waals surface area contributed by atoms with E-state index in [2.05, 4.69) is 15.4 Å². The maximum absolute atomic E-state index is 5.79. The molecule has 6 nitrogen and oxygen atoms in total. The van der Waals surface area contributed by atoms with Crippen molar-refractivity contribution in [2.75, 3.05) is 12.5 Å². The van der Waals surface area contributed by atoms with Gasteiger partial charge in [-0.25, -0.2) is 10.8 Å². The first kappa shape index (κ1) is 14.1. The highest BCUT2D eigenvalue weighted by atomic mass is 16.5. The summed E-state index contributed by atoms with van der Waals surface area (Å²) in [6, 6.07) is 7.30. The molecule has 0 radical (unpaired) electrons. The van der Waals surface area contributed by atoms with Crippen molar-refractivity contribution in [2.24, 2.45) is 5.84 Å². The van der Waals surface area contributed by atoms with E-state index in [1.165, 1.54) is 0 Å². The van der Waals surface area contributed by atoms with Crippen molar-refractivity contribution in [1.82, 2.24) is 9.97 Å². The third-order valence-corrected chi connectivity index (χ3v) is 2.87. The number of hydrogen-bond donors (Lipinski definition) is 2. The smallest absolute Gasteiger partial charge is 0.227 e. The van der Waals surface area contributed by atoms with Crippen LogP contribution in [0.3, 0.4) is 0 Å². The summed E-state index contributed by atoms with van der Waals surface area (Å²) in [6.07, 6.45) is 0.702. The molecular weight excluding hydrogens is 256 g/mol. The summed E-state index contributed by atoms with van der Waals surface area (Å²) in [5.41, 5.74) is 3.33. The van der Waals surface area contributed by atoms with Crippen LogP contribution in [0.25, 0.3) is 0 Å². The van der Waals surface area contributed by atoms with E-state index in [-0.39, 0.29) is 0 Å². The number of nitrogen functional groups attached to an aromatic ring is 1. The van der Waals surface area contributed by atoms with E-state index >= 15 is 0 Å². The largest absolute Gasteiger partial charge is 0.497 e. The molecule has 2 rings (SSSR count). The summed E-state index contributed by atoms with van der Waals surface area (Å²) in [6.45, 7) is 3.83. The minimum atomic E-state index is 0.495. The second-order valence-electron chi connectivity index (χ2n) is 4.19. The molecule has 0 aliphatic carbocycles. The number of aromatic nitrogens is 2. The summed E-state index contributed by atoms with van der Waals surface area (Å²) in [7, 11) is 1.62. The third kappa shape index (κ3) is 2.97. The van der Waals surface area contributed by atoms with E-state index in [1.54, 1.807) is 7.11 Å². The van der Waals surface area contributed by atoms with Gasteiger partial charge in [0.1, 0.15) is 23.1 Å². The molecule has 0 atom stereocenters. The molecule has 0 saturated carbocycles. The van der Waals surface area contributed by atoms with Gasteiger partial charge in [-0.1, -0.05) is 6.92 Å². The van der Waals surface area contributed by atoms with Gasteiger partial charge in [-0.3, -0.25) is 0 Å². The summed E-state index contributed by atoms with van der Waals surface area (Å²) in [5, 5.41) is 0. The normalized spacial score (nSPS) is 10.2. The molecule has 0 saturated heterocycles. The minimum absolute atomic E-state index is 0.495. The Hall–Kier alpha value is -2.34. The Balaban J connectivity index is 2.31.